The number of carboxylic acids is 3. The van der Waals surface area contributed by atoms with E-state index in [1.54, 1.807) is 27.7 Å². The lowest BCUT2D eigenvalue weighted by atomic mass is 9.97. The third-order valence-corrected chi connectivity index (χ3v) is 10.8. The average molecular weight is 974 g/mol. The molecule has 0 aromatic carbocycles. The summed E-state index contributed by atoms with van der Waals surface area (Å²) in [7, 11) is 0. The molecule has 18 N–H and O–H groups in total. The summed E-state index contributed by atoms with van der Waals surface area (Å²) in [6, 6.07) is -13.8. The van der Waals surface area contributed by atoms with Gasteiger partial charge in [-0.1, -0.05) is 40.5 Å². The van der Waals surface area contributed by atoms with Crippen LogP contribution in [-0.2, 0) is 57.5 Å². The minimum atomic E-state index is -1.94. The molecule has 0 heterocycles. The first-order valence-corrected chi connectivity index (χ1v) is 22.1. The maximum atomic E-state index is 13.8. The van der Waals surface area contributed by atoms with Crippen molar-refractivity contribution >= 4 is 71.1 Å². The molecule has 0 bridgehead atoms. The number of nitrogens with one attached hydrogen (secondary N) is 8. The summed E-state index contributed by atoms with van der Waals surface area (Å²) in [6.07, 6.45) is -3.10. The first kappa shape index (κ1) is 61.5. The van der Waals surface area contributed by atoms with Gasteiger partial charge in [0.05, 0.1) is 25.0 Å². The van der Waals surface area contributed by atoms with Crippen molar-refractivity contribution in [2.45, 2.75) is 167 Å². The molecule has 0 aliphatic rings. The fourth-order valence-corrected chi connectivity index (χ4v) is 6.14. The fourth-order valence-electron chi connectivity index (χ4n) is 6.14. The molecule has 0 spiro atoms. The number of carbonyl (C=O) groups is 12. The van der Waals surface area contributed by atoms with E-state index in [4.69, 9.17) is 22.3 Å². The second-order valence-electron chi connectivity index (χ2n) is 16.5. The largest absolute Gasteiger partial charge is 0.481 e. The summed E-state index contributed by atoms with van der Waals surface area (Å²) < 4.78 is 0. The second-order valence-corrected chi connectivity index (χ2v) is 16.5. The number of aliphatic hydroxyl groups excluding tert-OH is 1. The van der Waals surface area contributed by atoms with E-state index >= 15 is 0 Å². The Labute approximate surface area is 393 Å². The second kappa shape index (κ2) is 30.7. The van der Waals surface area contributed by atoms with E-state index in [9.17, 15) is 72.9 Å². The number of hydrogen-bond acceptors (Lipinski definition) is 15. The number of primary amides is 1. The normalized spacial score (nSPS) is 16.3. The van der Waals surface area contributed by atoms with Crippen LogP contribution in [0.5, 0.6) is 0 Å². The van der Waals surface area contributed by atoms with Crippen LogP contribution in [0.1, 0.15) is 106 Å². The number of amides is 9. The first-order chi connectivity index (χ1) is 31.6. The molecule has 386 valence electrons. The average Bonchev–Trinajstić information content (AvgIpc) is 3.25. The van der Waals surface area contributed by atoms with Crippen LogP contribution in [0.4, 0.5) is 0 Å². The fraction of sp³-hybridized carbons (Fsp3) is 0.707. The Morgan fingerprint density at radius 1 is 0.485 bits per heavy atom. The van der Waals surface area contributed by atoms with E-state index in [0.29, 0.717) is 19.3 Å². The van der Waals surface area contributed by atoms with Crippen molar-refractivity contribution in [3.63, 3.8) is 0 Å². The smallest absolute Gasteiger partial charge is 0.326 e. The molecule has 0 radical (unpaired) electrons. The predicted molar refractivity (Wildman–Crippen MR) is 239 cm³/mol. The molecule has 68 heavy (non-hydrogen) atoms. The number of rotatable bonds is 33. The Morgan fingerprint density at radius 3 is 1.37 bits per heavy atom. The zero-order valence-corrected chi connectivity index (χ0v) is 39.4. The standard InChI is InChI=1S/C41H71N11O16/c1-8-18(3)30(50-35(61)23(43)16-28(55)56)39(65)46-20(5)33(59)47-24(12-10-11-15-42)36(62)48-25(13-14-27(44)54)37(63)49-26(17-29(57)58)38(64)45-21(6)34(60)52-32(22(7)53)40(66)51-31(41(67)68)19(4)9-2/h18-26,30-32,53H,8-17,42-43H2,1-7H3,(H2,44,54)(H,45,64)(H,46,65)(H,47,59)(H,48,62)(H,49,63)(H,50,61)(H,51,66)(H,52,60)(H,55,56)(H,57,58)(H,67,68). The van der Waals surface area contributed by atoms with E-state index < -0.39 is 169 Å². The third-order valence-electron chi connectivity index (χ3n) is 10.8. The van der Waals surface area contributed by atoms with Crippen molar-refractivity contribution < 1.29 is 78.0 Å². The quantitative estimate of drug-likeness (QED) is 0.0274. The van der Waals surface area contributed by atoms with Gasteiger partial charge in [-0.05, 0) is 64.8 Å². The molecule has 9 amide bonds. The Hall–Kier alpha value is -6.48. The van der Waals surface area contributed by atoms with Crippen molar-refractivity contribution in [1.82, 2.24) is 42.5 Å². The van der Waals surface area contributed by atoms with E-state index in [2.05, 4.69) is 42.5 Å². The summed E-state index contributed by atoms with van der Waals surface area (Å²) in [6.45, 7) is 10.3. The van der Waals surface area contributed by atoms with Crippen LogP contribution in [0.25, 0.3) is 0 Å². The van der Waals surface area contributed by atoms with Gasteiger partial charge in [0.15, 0.2) is 0 Å². The van der Waals surface area contributed by atoms with Crippen LogP contribution in [-0.4, -0.2) is 159 Å². The van der Waals surface area contributed by atoms with Gasteiger partial charge in [-0.15, -0.1) is 0 Å². The van der Waals surface area contributed by atoms with Gasteiger partial charge < -0.3 is 80.2 Å². The molecule has 0 saturated carbocycles. The molecule has 0 aliphatic carbocycles. The Morgan fingerprint density at radius 2 is 0.897 bits per heavy atom. The molecule has 0 aliphatic heterocycles. The molecular formula is C41H71N11O16. The lowest BCUT2D eigenvalue weighted by Crippen LogP contribution is -2.61. The van der Waals surface area contributed by atoms with E-state index in [1.807, 2.05) is 0 Å². The SMILES string of the molecule is CCC(C)C(NC(=O)C(NC(=O)C(C)NC(=O)C(CC(=O)O)NC(=O)C(CCC(N)=O)NC(=O)C(CCCCN)NC(=O)C(C)NC(=O)C(NC(=O)C(N)CC(=O)O)C(C)CC)C(C)O)C(=O)O. The lowest BCUT2D eigenvalue weighted by Gasteiger charge is -2.28. The van der Waals surface area contributed by atoms with E-state index in [1.165, 1.54) is 6.92 Å². The molecule has 0 saturated heterocycles. The van der Waals surface area contributed by atoms with Crippen LogP contribution >= 0.6 is 0 Å². The Balaban J connectivity index is 6.32. The molecule has 0 aromatic rings. The highest BCUT2D eigenvalue weighted by atomic mass is 16.4. The van der Waals surface area contributed by atoms with Gasteiger partial charge in [0.2, 0.25) is 53.2 Å². The lowest BCUT2D eigenvalue weighted by molar-refractivity contribution is -0.144. The highest BCUT2D eigenvalue weighted by Crippen LogP contribution is 2.12. The maximum absolute atomic E-state index is 13.8. The summed E-state index contributed by atoms with van der Waals surface area (Å²) in [5.41, 5.74) is 16.6. The molecule has 27 heteroatoms. The minimum Gasteiger partial charge on any atom is -0.481 e. The summed E-state index contributed by atoms with van der Waals surface area (Å²) in [5, 5.41) is 56.9. The number of unbranched alkanes of at least 4 members (excludes halogenated alkanes) is 1. The van der Waals surface area contributed by atoms with Crippen LogP contribution in [0.15, 0.2) is 0 Å². The molecular weight excluding hydrogens is 903 g/mol. The summed E-state index contributed by atoms with van der Waals surface area (Å²) in [5.74, 6) is -14.6. The van der Waals surface area contributed by atoms with Crippen molar-refractivity contribution in [3.8, 4) is 0 Å². The van der Waals surface area contributed by atoms with Gasteiger partial charge in [0.1, 0.15) is 48.3 Å². The number of aliphatic carboxylic acids is 3. The number of carbonyl (C=O) groups excluding carboxylic acids is 9. The van der Waals surface area contributed by atoms with Gasteiger partial charge in [-0.2, -0.15) is 0 Å². The van der Waals surface area contributed by atoms with Crippen LogP contribution in [0, 0.1) is 11.8 Å². The number of aliphatic hydroxyl groups is 1. The van der Waals surface area contributed by atoms with Crippen molar-refractivity contribution in [1.29, 1.82) is 0 Å². The third kappa shape index (κ3) is 22.3. The van der Waals surface area contributed by atoms with Crippen molar-refractivity contribution in [3.05, 3.63) is 0 Å². The van der Waals surface area contributed by atoms with E-state index in [0.717, 1.165) is 13.8 Å². The van der Waals surface area contributed by atoms with E-state index in [-0.39, 0.29) is 19.4 Å². The monoisotopic (exact) mass is 974 g/mol. The van der Waals surface area contributed by atoms with Gasteiger partial charge in [0, 0.05) is 6.42 Å². The van der Waals surface area contributed by atoms with Crippen LogP contribution in [0.3, 0.4) is 0 Å². The molecule has 27 nitrogen and oxygen atoms in total. The highest BCUT2D eigenvalue weighted by molar-refractivity contribution is 5.99. The number of carboxylic acid groups (broad SMARTS) is 3. The zero-order chi connectivity index (χ0) is 52.6. The summed E-state index contributed by atoms with van der Waals surface area (Å²) >= 11 is 0. The molecule has 0 fully saturated rings. The minimum absolute atomic E-state index is 0.0772. The van der Waals surface area contributed by atoms with Gasteiger partial charge in [-0.25, -0.2) is 4.79 Å². The summed E-state index contributed by atoms with van der Waals surface area (Å²) in [4.78, 5) is 153. The van der Waals surface area contributed by atoms with Gasteiger partial charge in [0.25, 0.3) is 0 Å². The highest BCUT2D eigenvalue weighted by Gasteiger charge is 2.36. The Kier molecular flexibility index (Phi) is 27.8. The van der Waals surface area contributed by atoms with Crippen molar-refractivity contribution in [2.24, 2.45) is 29.0 Å². The molecule has 0 aromatic heterocycles. The van der Waals surface area contributed by atoms with Crippen LogP contribution < -0.4 is 59.7 Å². The number of nitrogens with two attached hydrogens (primary N) is 3. The molecule has 12 unspecified atom stereocenters. The van der Waals surface area contributed by atoms with Gasteiger partial charge >= 0.3 is 17.9 Å². The maximum Gasteiger partial charge on any atom is 0.326 e. The zero-order valence-electron chi connectivity index (χ0n) is 39.4. The Bertz CT molecular complexity index is 1800. The van der Waals surface area contributed by atoms with Crippen LogP contribution in [0.2, 0.25) is 0 Å². The molecule has 12 atom stereocenters. The van der Waals surface area contributed by atoms with Gasteiger partial charge in [-0.3, -0.25) is 52.7 Å². The molecule has 0 rings (SSSR count). The topological polar surface area (TPSA) is 460 Å². The first-order valence-electron chi connectivity index (χ1n) is 22.1. The number of hydrogen-bond donors (Lipinski definition) is 15. The predicted octanol–water partition coefficient (Wildman–Crippen LogP) is -4.87. The van der Waals surface area contributed by atoms with Crippen molar-refractivity contribution in [2.75, 3.05) is 6.54 Å².